The van der Waals surface area contributed by atoms with Crippen molar-refractivity contribution in [3.05, 3.63) is 0 Å². The van der Waals surface area contributed by atoms with Crippen LogP contribution in [0.15, 0.2) is 0 Å². The highest BCUT2D eigenvalue weighted by Gasteiger charge is 2.47. The molecule has 8 nitrogen and oxygen atoms in total. The Labute approximate surface area is 109 Å². The first-order valence-electron chi connectivity index (χ1n) is 5.66. The van der Waals surface area contributed by atoms with Crippen molar-refractivity contribution in [1.82, 2.24) is 0 Å². The van der Waals surface area contributed by atoms with Gasteiger partial charge >= 0.3 is 17.9 Å². The van der Waals surface area contributed by atoms with E-state index in [4.69, 9.17) is 24.4 Å². The smallest absolute Gasteiger partial charge is 0.345 e. The number of carbonyl (C=O) groups is 3. The quantitative estimate of drug-likeness (QED) is 0.610. The molecule has 0 aromatic heterocycles. The normalized spacial score (nSPS) is 27.6. The minimum Gasteiger partial charge on any atom is -0.478 e. The first kappa shape index (κ1) is 15.4. The van der Waals surface area contributed by atoms with Gasteiger partial charge in [0.2, 0.25) is 6.10 Å². The van der Waals surface area contributed by atoms with E-state index in [9.17, 15) is 14.4 Å². The molecular formula is C11H16O8. The number of carboxylic acids is 1. The highest BCUT2D eigenvalue weighted by molar-refractivity contribution is 5.77. The number of ether oxygens (including phenoxy) is 3. The highest BCUT2D eigenvalue weighted by Crippen LogP contribution is 2.28. The molecule has 108 valence electrons. The summed E-state index contributed by atoms with van der Waals surface area (Å²) in [5.41, 5.74) is 0. The zero-order valence-corrected chi connectivity index (χ0v) is 10.6. The van der Waals surface area contributed by atoms with Gasteiger partial charge in [0.05, 0.1) is 19.1 Å². The summed E-state index contributed by atoms with van der Waals surface area (Å²) in [6.45, 7) is 1.72. The number of esters is 2. The molecule has 0 bridgehead atoms. The summed E-state index contributed by atoms with van der Waals surface area (Å²) < 4.78 is 14.8. The molecule has 0 spiro atoms. The van der Waals surface area contributed by atoms with Gasteiger partial charge in [-0.25, -0.2) is 4.79 Å². The molecule has 0 aromatic rings. The van der Waals surface area contributed by atoms with Crippen LogP contribution in [-0.4, -0.2) is 59.6 Å². The topological polar surface area (TPSA) is 119 Å². The summed E-state index contributed by atoms with van der Waals surface area (Å²) >= 11 is 0. The number of aliphatic carboxylic acids is 1. The molecule has 19 heavy (non-hydrogen) atoms. The molecule has 0 aliphatic carbocycles. The third kappa shape index (κ3) is 3.90. The Morgan fingerprint density at radius 2 is 1.95 bits per heavy atom. The molecule has 8 heteroatoms. The van der Waals surface area contributed by atoms with Crippen molar-refractivity contribution in [2.75, 3.05) is 13.2 Å². The van der Waals surface area contributed by atoms with E-state index in [1.165, 1.54) is 0 Å². The number of aliphatic hydroxyl groups is 1. The van der Waals surface area contributed by atoms with Gasteiger partial charge in [0, 0.05) is 13.8 Å². The maximum atomic E-state index is 11.1. The third-order valence-corrected chi connectivity index (χ3v) is 2.70. The van der Waals surface area contributed by atoms with E-state index in [0.29, 0.717) is 0 Å². The molecule has 0 aromatic carbocycles. The second kappa shape index (κ2) is 6.48. The van der Waals surface area contributed by atoms with Crippen molar-refractivity contribution in [2.45, 2.75) is 32.2 Å². The zero-order chi connectivity index (χ0) is 14.6. The molecular weight excluding hydrogens is 260 g/mol. The standard InChI is InChI=1S/C11H16O8/c1-5(13)18-9-7(4-17-8(9)3-12)10(11(15)16)19-6(2)14/h7-10,12H,3-4H2,1-2H3,(H,15,16)/t7-,8-,9-,10+/m1/s1. The minimum atomic E-state index is -1.49. The Hall–Kier alpha value is -1.67. The molecule has 2 N–H and O–H groups in total. The molecule has 4 atom stereocenters. The lowest BCUT2D eigenvalue weighted by Gasteiger charge is -2.25. The number of hydrogen-bond donors (Lipinski definition) is 2. The van der Waals surface area contributed by atoms with Gasteiger partial charge in [-0.05, 0) is 0 Å². The average Bonchev–Trinajstić information content (AvgIpc) is 2.67. The van der Waals surface area contributed by atoms with Crippen molar-refractivity contribution in [3.8, 4) is 0 Å². The molecule has 0 unspecified atom stereocenters. The van der Waals surface area contributed by atoms with Gasteiger partial charge < -0.3 is 24.4 Å². The lowest BCUT2D eigenvalue weighted by Crippen LogP contribution is -2.44. The van der Waals surface area contributed by atoms with Crippen LogP contribution in [0.25, 0.3) is 0 Å². The Morgan fingerprint density at radius 3 is 2.37 bits per heavy atom. The van der Waals surface area contributed by atoms with Gasteiger partial charge in [-0.1, -0.05) is 0 Å². The molecule has 1 fully saturated rings. The second-order valence-electron chi connectivity index (χ2n) is 4.16. The van der Waals surface area contributed by atoms with Crippen LogP contribution >= 0.6 is 0 Å². The van der Waals surface area contributed by atoms with Crippen LogP contribution in [0.3, 0.4) is 0 Å². The van der Waals surface area contributed by atoms with E-state index in [1.54, 1.807) is 0 Å². The fraction of sp³-hybridized carbons (Fsp3) is 0.727. The van der Waals surface area contributed by atoms with Crippen LogP contribution < -0.4 is 0 Å². The third-order valence-electron chi connectivity index (χ3n) is 2.70. The number of hydrogen-bond acceptors (Lipinski definition) is 7. The number of aliphatic hydroxyl groups excluding tert-OH is 1. The van der Waals surface area contributed by atoms with E-state index < -0.39 is 48.7 Å². The van der Waals surface area contributed by atoms with Crippen molar-refractivity contribution in [1.29, 1.82) is 0 Å². The van der Waals surface area contributed by atoms with Crippen LogP contribution in [0.5, 0.6) is 0 Å². The second-order valence-corrected chi connectivity index (χ2v) is 4.16. The van der Waals surface area contributed by atoms with E-state index in [1.807, 2.05) is 0 Å². The maximum absolute atomic E-state index is 11.1. The van der Waals surface area contributed by atoms with E-state index in [2.05, 4.69) is 0 Å². The van der Waals surface area contributed by atoms with Gasteiger partial charge in [0.25, 0.3) is 0 Å². The predicted molar refractivity (Wildman–Crippen MR) is 59.1 cm³/mol. The fourth-order valence-corrected chi connectivity index (χ4v) is 1.97. The molecule has 1 aliphatic heterocycles. The van der Waals surface area contributed by atoms with E-state index >= 15 is 0 Å². The van der Waals surface area contributed by atoms with Crippen LogP contribution in [0.2, 0.25) is 0 Å². The molecule has 0 radical (unpaired) electrons. The van der Waals surface area contributed by atoms with Crippen LogP contribution in [0.4, 0.5) is 0 Å². The molecule has 1 rings (SSSR count). The van der Waals surface area contributed by atoms with Crippen molar-refractivity contribution < 1.29 is 38.8 Å². The lowest BCUT2D eigenvalue weighted by molar-refractivity contribution is -0.172. The van der Waals surface area contributed by atoms with Gasteiger partial charge in [-0.2, -0.15) is 0 Å². The first-order valence-corrected chi connectivity index (χ1v) is 5.66. The Morgan fingerprint density at radius 1 is 1.32 bits per heavy atom. The fourth-order valence-electron chi connectivity index (χ4n) is 1.97. The molecule has 1 saturated heterocycles. The summed E-state index contributed by atoms with van der Waals surface area (Å²) in [4.78, 5) is 33.0. The van der Waals surface area contributed by atoms with Gasteiger partial charge in [0.15, 0.2) is 0 Å². The Bertz CT molecular complexity index is 366. The lowest BCUT2D eigenvalue weighted by atomic mass is 9.95. The van der Waals surface area contributed by atoms with Crippen molar-refractivity contribution >= 4 is 17.9 Å². The van der Waals surface area contributed by atoms with E-state index in [0.717, 1.165) is 13.8 Å². The average molecular weight is 276 g/mol. The Balaban J connectivity index is 2.90. The van der Waals surface area contributed by atoms with Gasteiger partial charge in [-0.15, -0.1) is 0 Å². The van der Waals surface area contributed by atoms with Gasteiger partial charge in [0.1, 0.15) is 12.2 Å². The summed E-state index contributed by atoms with van der Waals surface area (Å²) in [5, 5.41) is 18.2. The summed E-state index contributed by atoms with van der Waals surface area (Å²) in [7, 11) is 0. The summed E-state index contributed by atoms with van der Waals surface area (Å²) in [6, 6.07) is 0. The number of rotatable bonds is 5. The van der Waals surface area contributed by atoms with E-state index in [-0.39, 0.29) is 6.61 Å². The predicted octanol–water partition coefficient (Wildman–Crippen LogP) is -1.06. The highest BCUT2D eigenvalue weighted by atomic mass is 16.6. The summed E-state index contributed by atoms with van der Waals surface area (Å²) in [5.74, 6) is -3.62. The summed E-state index contributed by atoms with van der Waals surface area (Å²) in [6.07, 6.45) is -3.28. The first-order chi connectivity index (χ1) is 8.86. The monoisotopic (exact) mass is 276 g/mol. The Kier molecular flexibility index (Phi) is 5.25. The molecule has 1 aliphatic rings. The van der Waals surface area contributed by atoms with Crippen molar-refractivity contribution in [2.24, 2.45) is 5.92 Å². The zero-order valence-electron chi connectivity index (χ0n) is 10.6. The van der Waals surface area contributed by atoms with Crippen molar-refractivity contribution in [3.63, 3.8) is 0 Å². The van der Waals surface area contributed by atoms with Crippen LogP contribution in [0.1, 0.15) is 13.8 Å². The minimum absolute atomic E-state index is 0.0899. The maximum Gasteiger partial charge on any atom is 0.345 e. The number of carboxylic acid groups (broad SMARTS) is 1. The van der Waals surface area contributed by atoms with Crippen LogP contribution in [-0.2, 0) is 28.6 Å². The number of carbonyl (C=O) groups excluding carboxylic acids is 2. The molecule has 1 heterocycles. The molecule has 0 saturated carbocycles. The van der Waals surface area contributed by atoms with Crippen LogP contribution in [0, 0.1) is 5.92 Å². The SMILES string of the molecule is CC(=O)O[C@@H]1[C@H]([C@H](OC(C)=O)C(=O)O)CO[C@@H]1CO. The molecule has 0 amide bonds. The largest absolute Gasteiger partial charge is 0.478 e. The van der Waals surface area contributed by atoms with Gasteiger partial charge in [-0.3, -0.25) is 9.59 Å².